The monoisotopic (exact) mass is 235 g/mol. The second-order valence-corrected chi connectivity index (χ2v) is 4.17. The van der Waals surface area contributed by atoms with Gasteiger partial charge in [-0.2, -0.15) is 0 Å². The van der Waals surface area contributed by atoms with Crippen molar-refractivity contribution in [3.05, 3.63) is 29.6 Å². The van der Waals surface area contributed by atoms with Crippen molar-refractivity contribution in [1.82, 2.24) is 9.88 Å². The first-order valence-electron chi connectivity index (χ1n) is 5.76. The third kappa shape index (κ3) is 2.81. The van der Waals surface area contributed by atoms with Gasteiger partial charge < -0.3 is 10.5 Å². The van der Waals surface area contributed by atoms with Gasteiger partial charge in [0.25, 0.3) is 5.91 Å². The summed E-state index contributed by atoms with van der Waals surface area (Å²) in [7, 11) is 0. The smallest absolute Gasteiger partial charge is 0.267 e. The molecule has 1 unspecified atom stereocenters. The minimum absolute atomic E-state index is 0.285. The highest BCUT2D eigenvalue weighted by Gasteiger charge is 2.18. The van der Waals surface area contributed by atoms with Crippen LogP contribution in [0.2, 0.25) is 0 Å². The maximum atomic E-state index is 10.9. The number of rotatable bonds is 3. The molecule has 92 valence electrons. The van der Waals surface area contributed by atoms with Gasteiger partial charge in [0.2, 0.25) is 0 Å². The predicted octanol–water partition coefficient (Wildman–Crippen LogP) is 0.574. The Hall–Kier alpha value is -1.46. The van der Waals surface area contributed by atoms with E-state index in [1.165, 1.54) is 0 Å². The molecule has 1 fully saturated rings. The molecule has 2 N–H and O–H groups in total. The molecular weight excluding hydrogens is 218 g/mol. The summed E-state index contributed by atoms with van der Waals surface area (Å²) >= 11 is 0. The van der Waals surface area contributed by atoms with Gasteiger partial charge in [-0.25, -0.2) is 0 Å². The van der Waals surface area contributed by atoms with E-state index in [4.69, 9.17) is 10.5 Å². The first-order chi connectivity index (χ1) is 8.18. The van der Waals surface area contributed by atoms with E-state index in [9.17, 15) is 4.79 Å². The fourth-order valence-electron chi connectivity index (χ4n) is 1.97. The standard InChI is InChI=1S/C12H17N3O2/c1-9(15-4-6-17-7-5-15)10-2-3-11(12(13)16)14-8-10/h2-3,8-9H,4-7H2,1H3,(H2,13,16). The molecular formula is C12H17N3O2. The Morgan fingerprint density at radius 2 is 2.18 bits per heavy atom. The number of primary amides is 1. The highest BCUT2D eigenvalue weighted by atomic mass is 16.5. The van der Waals surface area contributed by atoms with Gasteiger partial charge in [0.05, 0.1) is 13.2 Å². The molecule has 5 heteroatoms. The molecule has 1 saturated heterocycles. The second kappa shape index (κ2) is 5.25. The van der Waals surface area contributed by atoms with E-state index in [-0.39, 0.29) is 6.04 Å². The number of nitrogens with two attached hydrogens (primary N) is 1. The summed E-state index contributed by atoms with van der Waals surface area (Å²) in [6.45, 7) is 5.54. The zero-order valence-electron chi connectivity index (χ0n) is 9.93. The third-order valence-corrected chi connectivity index (χ3v) is 3.11. The van der Waals surface area contributed by atoms with Crippen LogP contribution in [0.5, 0.6) is 0 Å². The summed E-state index contributed by atoms with van der Waals surface area (Å²) in [6.07, 6.45) is 1.72. The summed E-state index contributed by atoms with van der Waals surface area (Å²) in [5, 5.41) is 0. The maximum absolute atomic E-state index is 10.9. The topological polar surface area (TPSA) is 68.5 Å². The van der Waals surface area contributed by atoms with Crippen LogP contribution in [0.1, 0.15) is 29.0 Å². The van der Waals surface area contributed by atoms with Crippen LogP contribution in [0.25, 0.3) is 0 Å². The lowest BCUT2D eigenvalue weighted by atomic mass is 10.1. The summed E-state index contributed by atoms with van der Waals surface area (Å²) in [6, 6.07) is 3.87. The van der Waals surface area contributed by atoms with Crippen LogP contribution in [0.15, 0.2) is 18.3 Å². The normalized spacial score (nSPS) is 18.9. The molecule has 1 amide bonds. The number of aromatic nitrogens is 1. The van der Waals surface area contributed by atoms with Crippen LogP contribution in [-0.2, 0) is 4.74 Å². The van der Waals surface area contributed by atoms with Crippen LogP contribution in [0, 0.1) is 0 Å². The number of carbonyl (C=O) groups excluding carboxylic acids is 1. The number of hydrogen-bond acceptors (Lipinski definition) is 4. The van der Waals surface area contributed by atoms with Crippen LogP contribution in [0.3, 0.4) is 0 Å². The number of nitrogens with zero attached hydrogens (tertiary/aromatic N) is 2. The fraction of sp³-hybridized carbons (Fsp3) is 0.500. The Morgan fingerprint density at radius 1 is 1.47 bits per heavy atom. The highest BCUT2D eigenvalue weighted by Crippen LogP contribution is 2.20. The first kappa shape index (κ1) is 12.0. The summed E-state index contributed by atoms with van der Waals surface area (Å²) in [5.41, 5.74) is 6.56. The summed E-state index contributed by atoms with van der Waals surface area (Å²) in [4.78, 5) is 17.3. The Kier molecular flexibility index (Phi) is 3.71. The van der Waals surface area contributed by atoms with Crippen LogP contribution in [0.4, 0.5) is 0 Å². The van der Waals surface area contributed by atoms with Crippen molar-refractivity contribution < 1.29 is 9.53 Å². The Labute approximate surface area is 101 Å². The zero-order valence-corrected chi connectivity index (χ0v) is 9.93. The number of amides is 1. The molecule has 1 aliphatic rings. The molecule has 17 heavy (non-hydrogen) atoms. The van der Waals surface area contributed by atoms with E-state index in [1.54, 1.807) is 12.3 Å². The van der Waals surface area contributed by atoms with Crippen LogP contribution >= 0.6 is 0 Å². The molecule has 1 aliphatic heterocycles. The van der Waals surface area contributed by atoms with Crippen molar-refractivity contribution in [1.29, 1.82) is 0 Å². The number of ether oxygens (including phenoxy) is 1. The van der Waals surface area contributed by atoms with Crippen molar-refractivity contribution in [2.75, 3.05) is 26.3 Å². The van der Waals surface area contributed by atoms with Gasteiger partial charge in [0.15, 0.2) is 0 Å². The SMILES string of the molecule is CC(c1ccc(C(N)=O)nc1)N1CCOCC1. The van der Waals surface area contributed by atoms with Gasteiger partial charge in [-0.05, 0) is 18.6 Å². The lowest BCUT2D eigenvalue weighted by Gasteiger charge is -2.32. The molecule has 0 saturated carbocycles. The minimum Gasteiger partial charge on any atom is -0.379 e. The predicted molar refractivity (Wildman–Crippen MR) is 63.6 cm³/mol. The van der Waals surface area contributed by atoms with E-state index in [0.29, 0.717) is 5.69 Å². The number of carbonyl (C=O) groups is 1. The van der Waals surface area contributed by atoms with Crippen molar-refractivity contribution in [3.63, 3.8) is 0 Å². The molecule has 0 bridgehead atoms. The molecule has 1 atom stereocenters. The van der Waals surface area contributed by atoms with E-state index in [2.05, 4.69) is 16.8 Å². The van der Waals surface area contributed by atoms with Crippen molar-refractivity contribution in [3.8, 4) is 0 Å². The molecule has 5 nitrogen and oxygen atoms in total. The Morgan fingerprint density at radius 3 is 2.71 bits per heavy atom. The molecule has 0 aliphatic carbocycles. The highest BCUT2D eigenvalue weighted by molar-refractivity contribution is 5.90. The minimum atomic E-state index is -0.490. The van der Waals surface area contributed by atoms with Crippen LogP contribution in [-0.4, -0.2) is 42.1 Å². The summed E-state index contributed by atoms with van der Waals surface area (Å²) < 4.78 is 5.32. The molecule has 1 aromatic rings. The lowest BCUT2D eigenvalue weighted by molar-refractivity contribution is 0.0198. The molecule has 0 radical (unpaired) electrons. The van der Waals surface area contributed by atoms with Crippen molar-refractivity contribution in [2.24, 2.45) is 5.73 Å². The number of hydrogen-bond donors (Lipinski definition) is 1. The first-order valence-corrected chi connectivity index (χ1v) is 5.76. The Balaban J connectivity index is 2.07. The number of pyridine rings is 1. The van der Waals surface area contributed by atoms with Gasteiger partial charge in [-0.3, -0.25) is 14.7 Å². The third-order valence-electron chi connectivity index (χ3n) is 3.11. The van der Waals surface area contributed by atoms with Gasteiger partial charge in [0, 0.05) is 25.3 Å². The molecule has 0 aromatic carbocycles. The molecule has 0 spiro atoms. The zero-order chi connectivity index (χ0) is 12.3. The van der Waals surface area contributed by atoms with E-state index >= 15 is 0 Å². The van der Waals surface area contributed by atoms with E-state index in [0.717, 1.165) is 31.9 Å². The average Bonchev–Trinajstić information content (AvgIpc) is 2.39. The van der Waals surface area contributed by atoms with Gasteiger partial charge >= 0.3 is 0 Å². The second-order valence-electron chi connectivity index (χ2n) is 4.17. The van der Waals surface area contributed by atoms with Gasteiger partial charge in [-0.1, -0.05) is 6.07 Å². The van der Waals surface area contributed by atoms with Crippen molar-refractivity contribution >= 4 is 5.91 Å². The van der Waals surface area contributed by atoms with Crippen LogP contribution < -0.4 is 5.73 Å². The maximum Gasteiger partial charge on any atom is 0.267 e. The van der Waals surface area contributed by atoms with E-state index < -0.39 is 5.91 Å². The average molecular weight is 235 g/mol. The molecule has 2 rings (SSSR count). The summed E-state index contributed by atoms with van der Waals surface area (Å²) in [5.74, 6) is -0.490. The van der Waals surface area contributed by atoms with Crippen molar-refractivity contribution in [2.45, 2.75) is 13.0 Å². The Bertz CT molecular complexity index is 385. The molecule has 2 heterocycles. The van der Waals surface area contributed by atoms with Gasteiger partial charge in [0.1, 0.15) is 5.69 Å². The quantitative estimate of drug-likeness (QED) is 0.831. The molecule has 1 aromatic heterocycles. The van der Waals surface area contributed by atoms with Gasteiger partial charge in [-0.15, -0.1) is 0 Å². The number of morpholine rings is 1. The largest absolute Gasteiger partial charge is 0.379 e. The fourth-order valence-corrected chi connectivity index (χ4v) is 1.97. The lowest BCUT2D eigenvalue weighted by Crippen LogP contribution is -2.38. The van der Waals surface area contributed by atoms with E-state index in [1.807, 2.05) is 6.07 Å².